The number of rotatable bonds is 3. The molecule has 0 aliphatic carbocycles. The molecule has 0 aromatic carbocycles. The Kier molecular flexibility index (Phi) is 3.85. The molecule has 1 aliphatic heterocycles. The van der Waals surface area contributed by atoms with E-state index in [9.17, 15) is 0 Å². The van der Waals surface area contributed by atoms with Crippen molar-refractivity contribution in [1.82, 2.24) is 19.4 Å². The molecule has 5 nitrogen and oxygen atoms in total. The molecule has 0 atom stereocenters. The van der Waals surface area contributed by atoms with Gasteiger partial charge >= 0.3 is 0 Å². The van der Waals surface area contributed by atoms with Gasteiger partial charge in [-0.25, -0.2) is 9.97 Å². The van der Waals surface area contributed by atoms with Crippen molar-refractivity contribution in [3.8, 4) is 0 Å². The Morgan fingerprint density at radius 2 is 1.95 bits per heavy atom. The van der Waals surface area contributed by atoms with Crippen LogP contribution in [0.4, 0.5) is 5.82 Å². The molecule has 0 saturated carbocycles. The molecule has 1 saturated heterocycles. The van der Waals surface area contributed by atoms with Crippen LogP contribution in [0.25, 0.3) is 11.0 Å². The van der Waals surface area contributed by atoms with Crippen LogP contribution >= 0.6 is 0 Å². The van der Waals surface area contributed by atoms with E-state index >= 15 is 0 Å². The van der Waals surface area contributed by atoms with Crippen LogP contribution in [0.1, 0.15) is 43.5 Å². The van der Waals surface area contributed by atoms with E-state index in [0.29, 0.717) is 11.9 Å². The predicted molar refractivity (Wildman–Crippen MR) is 86.4 cm³/mol. The van der Waals surface area contributed by atoms with Crippen LogP contribution in [-0.4, -0.2) is 39.1 Å². The molecule has 0 amide bonds. The van der Waals surface area contributed by atoms with Gasteiger partial charge in [-0.3, -0.25) is 0 Å². The average Bonchev–Trinajstić information content (AvgIpc) is 2.74. The van der Waals surface area contributed by atoms with Gasteiger partial charge in [0, 0.05) is 24.8 Å². The summed E-state index contributed by atoms with van der Waals surface area (Å²) in [7, 11) is 0. The highest BCUT2D eigenvalue weighted by molar-refractivity contribution is 5.90. The minimum atomic E-state index is 0.531. The van der Waals surface area contributed by atoms with Crippen molar-refractivity contribution in [2.24, 2.45) is 0 Å². The van der Waals surface area contributed by atoms with Crippen molar-refractivity contribution in [1.29, 1.82) is 0 Å². The SMILES string of the molecule is CCCN1CCC(n2c(C)c(C)c3c(N)ncnc32)CC1. The fourth-order valence-electron chi connectivity index (χ4n) is 3.62. The molecule has 3 rings (SSSR count). The summed E-state index contributed by atoms with van der Waals surface area (Å²) in [5.41, 5.74) is 9.57. The van der Waals surface area contributed by atoms with Crippen molar-refractivity contribution in [2.45, 2.75) is 46.1 Å². The monoisotopic (exact) mass is 287 g/mol. The van der Waals surface area contributed by atoms with Gasteiger partial charge in [0.25, 0.3) is 0 Å². The molecule has 21 heavy (non-hydrogen) atoms. The minimum absolute atomic E-state index is 0.531. The summed E-state index contributed by atoms with van der Waals surface area (Å²) in [6.07, 6.45) is 5.19. The van der Waals surface area contributed by atoms with E-state index in [-0.39, 0.29) is 0 Å². The maximum absolute atomic E-state index is 6.06. The molecule has 0 spiro atoms. The van der Waals surface area contributed by atoms with Gasteiger partial charge in [-0.2, -0.15) is 0 Å². The fraction of sp³-hybridized carbons (Fsp3) is 0.625. The molecular weight excluding hydrogens is 262 g/mol. The van der Waals surface area contributed by atoms with Crippen LogP contribution in [0.15, 0.2) is 6.33 Å². The smallest absolute Gasteiger partial charge is 0.146 e. The van der Waals surface area contributed by atoms with Crippen molar-refractivity contribution in [3.05, 3.63) is 17.6 Å². The lowest BCUT2D eigenvalue weighted by molar-refractivity contribution is 0.187. The standard InChI is InChI=1S/C16H25N5/c1-4-7-20-8-5-13(6-9-20)21-12(3)11(2)14-15(17)18-10-19-16(14)21/h10,13H,4-9H2,1-3H3,(H2,17,18,19). The van der Waals surface area contributed by atoms with Gasteiger partial charge < -0.3 is 15.2 Å². The number of nitrogen functional groups attached to an aromatic ring is 1. The molecule has 0 bridgehead atoms. The second kappa shape index (κ2) is 5.64. The number of anilines is 1. The van der Waals surface area contributed by atoms with Gasteiger partial charge in [0.2, 0.25) is 0 Å². The number of fused-ring (bicyclic) bond motifs is 1. The van der Waals surface area contributed by atoms with E-state index in [4.69, 9.17) is 5.73 Å². The van der Waals surface area contributed by atoms with Crippen molar-refractivity contribution in [2.75, 3.05) is 25.4 Å². The van der Waals surface area contributed by atoms with Crippen LogP contribution < -0.4 is 5.73 Å². The highest BCUT2D eigenvalue weighted by atomic mass is 15.2. The van der Waals surface area contributed by atoms with Gasteiger partial charge in [0.15, 0.2) is 0 Å². The first-order chi connectivity index (χ1) is 10.1. The van der Waals surface area contributed by atoms with E-state index < -0.39 is 0 Å². The number of aryl methyl sites for hydroxylation is 1. The number of piperidine rings is 1. The second-order valence-electron chi connectivity index (χ2n) is 6.11. The maximum Gasteiger partial charge on any atom is 0.146 e. The normalized spacial score (nSPS) is 17.7. The van der Waals surface area contributed by atoms with Crippen LogP contribution in [0.2, 0.25) is 0 Å². The van der Waals surface area contributed by atoms with Gasteiger partial charge in [-0.1, -0.05) is 6.92 Å². The number of nitrogens with two attached hydrogens (primary N) is 1. The zero-order chi connectivity index (χ0) is 15.0. The third-order valence-electron chi connectivity index (χ3n) is 4.83. The summed E-state index contributed by atoms with van der Waals surface area (Å²) in [6.45, 7) is 10.1. The molecule has 0 unspecified atom stereocenters. The van der Waals surface area contributed by atoms with Crippen LogP contribution in [0, 0.1) is 13.8 Å². The van der Waals surface area contributed by atoms with E-state index in [0.717, 1.165) is 11.0 Å². The first-order valence-corrected chi connectivity index (χ1v) is 7.93. The Labute approximate surface area is 126 Å². The molecule has 1 aliphatic rings. The molecule has 114 valence electrons. The molecular formula is C16H25N5. The topological polar surface area (TPSA) is 60.0 Å². The number of hydrogen-bond acceptors (Lipinski definition) is 4. The minimum Gasteiger partial charge on any atom is -0.383 e. The van der Waals surface area contributed by atoms with Crippen LogP contribution in [0.5, 0.6) is 0 Å². The molecule has 1 fully saturated rings. The lowest BCUT2D eigenvalue weighted by Gasteiger charge is -2.33. The van der Waals surface area contributed by atoms with E-state index in [1.165, 1.54) is 50.2 Å². The van der Waals surface area contributed by atoms with Gasteiger partial charge in [0.05, 0.1) is 5.39 Å². The summed E-state index contributed by atoms with van der Waals surface area (Å²) < 4.78 is 2.39. The lowest BCUT2D eigenvalue weighted by atomic mass is 10.0. The van der Waals surface area contributed by atoms with E-state index in [2.05, 4.69) is 40.2 Å². The first-order valence-electron chi connectivity index (χ1n) is 7.93. The van der Waals surface area contributed by atoms with Crippen LogP contribution in [-0.2, 0) is 0 Å². The summed E-state index contributed by atoms with van der Waals surface area (Å²) in [4.78, 5) is 11.2. The number of nitrogens with zero attached hydrogens (tertiary/aromatic N) is 4. The van der Waals surface area contributed by atoms with Crippen molar-refractivity contribution >= 4 is 16.9 Å². The maximum atomic E-state index is 6.06. The zero-order valence-electron chi connectivity index (χ0n) is 13.3. The van der Waals surface area contributed by atoms with Crippen molar-refractivity contribution < 1.29 is 0 Å². The summed E-state index contributed by atoms with van der Waals surface area (Å²) in [6, 6.07) is 0.531. The third kappa shape index (κ3) is 2.39. The van der Waals surface area contributed by atoms with Gasteiger partial charge in [0.1, 0.15) is 17.8 Å². The number of aromatic nitrogens is 3. The quantitative estimate of drug-likeness (QED) is 0.943. The Morgan fingerprint density at radius 3 is 2.62 bits per heavy atom. The summed E-state index contributed by atoms with van der Waals surface area (Å²) in [5.74, 6) is 0.600. The van der Waals surface area contributed by atoms with E-state index in [1.54, 1.807) is 6.33 Å². The Balaban J connectivity index is 1.95. The predicted octanol–water partition coefficient (Wildman–Crippen LogP) is 2.68. The third-order valence-corrected chi connectivity index (χ3v) is 4.83. The van der Waals surface area contributed by atoms with Crippen molar-refractivity contribution in [3.63, 3.8) is 0 Å². The Hall–Kier alpha value is -1.62. The molecule has 0 radical (unpaired) electrons. The Morgan fingerprint density at radius 1 is 1.24 bits per heavy atom. The molecule has 2 aromatic rings. The molecule has 3 heterocycles. The van der Waals surface area contributed by atoms with Gasteiger partial charge in [-0.15, -0.1) is 0 Å². The average molecular weight is 287 g/mol. The lowest BCUT2D eigenvalue weighted by Crippen LogP contribution is -2.35. The Bertz CT molecular complexity index is 638. The number of likely N-dealkylation sites (tertiary alicyclic amines) is 1. The zero-order valence-corrected chi connectivity index (χ0v) is 13.3. The summed E-state index contributed by atoms with van der Waals surface area (Å²) >= 11 is 0. The molecule has 2 N–H and O–H groups in total. The largest absolute Gasteiger partial charge is 0.383 e. The second-order valence-corrected chi connectivity index (χ2v) is 6.11. The van der Waals surface area contributed by atoms with Gasteiger partial charge in [-0.05, 0) is 45.2 Å². The van der Waals surface area contributed by atoms with E-state index in [1.807, 2.05) is 0 Å². The first kappa shape index (κ1) is 14.3. The number of hydrogen-bond donors (Lipinski definition) is 1. The fourth-order valence-corrected chi connectivity index (χ4v) is 3.62. The highest BCUT2D eigenvalue weighted by Gasteiger charge is 2.25. The van der Waals surface area contributed by atoms with Crippen LogP contribution in [0.3, 0.4) is 0 Å². The summed E-state index contributed by atoms with van der Waals surface area (Å²) in [5, 5.41) is 1.03. The highest BCUT2D eigenvalue weighted by Crippen LogP contribution is 2.33. The molecule has 2 aromatic heterocycles. The molecule has 5 heteroatoms.